The molecule has 42 heavy (non-hydrogen) atoms. The lowest BCUT2D eigenvalue weighted by molar-refractivity contribution is -0.145. The van der Waals surface area contributed by atoms with Gasteiger partial charge in [-0.15, -0.1) is 0 Å². The Kier molecular flexibility index (Phi) is 8.27. The Bertz CT molecular complexity index is 1520. The highest BCUT2D eigenvalue weighted by molar-refractivity contribution is 9.10. The maximum atomic E-state index is 14.2. The van der Waals surface area contributed by atoms with Crippen molar-refractivity contribution in [3.05, 3.63) is 93.7 Å². The zero-order chi connectivity index (χ0) is 30.3. The number of nitrogens with zero attached hydrogens (tertiary/aromatic N) is 2. The van der Waals surface area contributed by atoms with Crippen molar-refractivity contribution in [2.24, 2.45) is 5.41 Å². The van der Waals surface area contributed by atoms with E-state index < -0.39 is 29.6 Å². The first kappa shape index (κ1) is 29.9. The van der Waals surface area contributed by atoms with Gasteiger partial charge in [0.05, 0.1) is 12.1 Å². The molecule has 1 fully saturated rings. The molecule has 3 aromatic carbocycles. The van der Waals surface area contributed by atoms with Crippen molar-refractivity contribution >= 4 is 33.7 Å². The molecule has 0 spiro atoms. The number of rotatable bonds is 6. The van der Waals surface area contributed by atoms with E-state index in [1.54, 1.807) is 35.2 Å². The van der Waals surface area contributed by atoms with Gasteiger partial charge in [-0.1, -0.05) is 85.2 Å². The Hall–Kier alpha value is -3.56. The number of likely N-dealkylation sites (tertiary alicyclic amines) is 1. The molecular weight excluding hydrogens is 601 g/mol. The summed E-state index contributed by atoms with van der Waals surface area (Å²) in [5.41, 5.74) is 2.79. The van der Waals surface area contributed by atoms with Crippen LogP contribution in [0.1, 0.15) is 61.6 Å². The van der Waals surface area contributed by atoms with Crippen LogP contribution < -0.4 is 5.32 Å². The quantitative estimate of drug-likeness (QED) is 0.376. The number of hydrogen-bond acceptors (Lipinski definition) is 4. The molecule has 2 N–H and O–H groups in total. The van der Waals surface area contributed by atoms with E-state index in [4.69, 9.17) is 0 Å². The van der Waals surface area contributed by atoms with Gasteiger partial charge >= 0.3 is 0 Å². The lowest BCUT2D eigenvalue weighted by Gasteiger charge is -2.40. The van der Waals surface area contributed by atoms with Gasteiger partial charge in [0, 0.05) is 35.1 Å². The average molecular weight is 637 g/mol. The van der Waals surface area contributed by atoms with E-state index in [1.807, 2.05) is 58.0 Å². The van der Waals surface area contributed by atoms with Crippen LogP contribution in [0.4, 0.5) is 4.39 Å². The topological polar surface area (TPSA) is 89.9 Å². The summed E-state index contributed by atoms with van der Waals surface area (Å²) in [5.74, 6) is -1.28. The van der Waals surface area contributed by atoms with E-state index in [2.05, 4.69) is 21.2 Å². The molecule has 3 aromatic rings. The van der Waals surface area contributed by atoms with Crippen LogP contribution in [0.3, 0.4) is 0 Å². The molecule has 0 unspecified atom stereocenters. The molecule has 2 aliphatic rings. The summed E-state index contributed by atoms with van der Waals surface area (Å²) in [6.07, 6.45) is -0.756. The van der Waals surface area contributed by atoms with Gasteiger partial charge in [-0.3, -0.25) is 14.4 Å². The molecule has 9 heteroatoms. The van der Waals surface area contributed by atoms with Crippen molar-refractivity contribution in [3.63, 3.8) is 0 Å². The number of carbonyl (C=O) groups is 3. The van der Waals surface area contributed by atoms with Crippen LogP contribution >= 0.6 is 15.9 Å². The van der Waals surface area contributed by atoms with Crippen molar-refractivity contribution in [1.82, 2.24) is 15.1 Å². The van der Waals surface area contributed by atoms with Gasteiger partial charge in [-0.25, -0.2) is 4.39 Å². The van der Waals surface area contributed by atoms with Crippen molar-refractivity contribution in [2.75, 3.05) is 6.54 Å². The normalized spacial score (nSPS) is 19.9. The monoisotopic (exact) mass is 635 g/mol. The van der Waals surface area contributed by atoms with Crippen LogP contribution in [0.2, 0.25) is 0 Å². The highest BCUT2D eigenvalue weighted by atomic mass is 79.9. The first-order valence-electron chi connectivity index (χ1n) is 14.1. The lowest BCUT2D eigenvalue weighted by Crippen LogP contribution is -2.58. The van der Waals surface area contributed by atoms with E-state index in [9.17, 15) is 23.9 Å². The Morgan fingerprint density at radius 1 is 1.02 bits per heavy atom. The maximum Gasteiger partial charge on any atom is 0.255 e. The molecular formula is C33H35BrFN3O4. The summed E-state index contributed by atoms with van der Waals surface area (Å²) >= 11 is 3.53. The smallest absolute Gasteiger partial charge is 0.255 e. The largest absolute Gasteiger partial charge is 0.391 e. The maximum absolute atomic E-state index is 14.2. The Balaban J connectivity index is 1.33. The molecule has 0 aromatic heterocycles. The van der Waals surface area contributed by atoms with Crippen molar-refractivity contribution in [3.8, 4) is 11.1 Å². The molecule has 0 aliphatic carbocycles. The first-order chi connectivity index (χ1) is 19.9. The predicted molar refractivity (Wildman–Crippen MR) is 162 cm³/mol. The second kappa shape index (κ2) is 11.6. The van der Waals surface area contributed by atoms with Crippen LogP contribution in [-0.2, 0) is 16.1 Å². The average Bonchev–Trinajstić information content (AvgIpc) is 3.49. The van der Waals surface area contributed by atoms with Gasteiger partial charge < -0.3 is 20.2 Å². The van der Waals surface area contributed by atoms with Gasteiger partial charge in [0.25, 0.3) is 5.91 Å². The van der Waals surface area contributed by atoms with Crippen LogP contribution in [0, 0.1) is 11.2 Å². The van der Waals surface area contributed by atoms with Crippen LogP contribution in [0.25, 0.3) is 11.1 Å². The standard InChI is InChI=1S/C33H35BrFN3O4/c1-19(20-12-14-21(15-13-20)23-8-5-6-11-27(23)35)36-30(40)28-16-22(39)17-37(28)32(42)29(33(2,3)4)38-18-25-24(31(38)41)9-7-10-26(25)34/h5-15,19,22,28-29,39H,16-18H2,1-4H3,(H,36,40)/t19-,22+,28-,29+/m0/s1. The van der Waals surface area contributed by atoms with E-state index in [1.165, 1.54) is 11.0 Å². The Morgan fingerprint density at radius 3 is 2.33 bits per heavy atom. The number of halogens is 2. The van der Waals surface area contributed by atoms with E-state index in [-0.39, 0.29) is 43.0 Å². The summed E-state index contributed by atoms with van der Waals surface area (Å²) in [5, 5.41) is 13.6. The van der Waals surface area contributed by atoms with Crippen molar-refractivity contribution in [2.45, 2.75) is 64.9 Å². The molecule has 220 valence electrons. The third-order valence-electron chi connectivity index (χ3n) is 8.12. The van der Waals surface area contributed by atoms with E-state index in [0.29, 0.717) is 11.1 Å². The number of aliphatic hydroxyl groups excluding tert-OH is 1. The van der Waals surface area contributed by atoms with Gasteiger partial charge in [-0.05, 0) is 47.2 Å². The summed E-state index contributed by atoms with van der Waals surface area (Å²) < 4.78 is 15.0. The molecule has 0 saturated carbocycles. The van der Waals surface area contributed by atoms with Crippen molar-refractivity contribution < 1.29 is 23.9 Å². The zero-order valence-corrected chi connectivity index (χ0v) is 25.7. The number of nitrogens with one attached hydrogen (secondary N) is 1. The third kappa shape index (κ3) is 5.72. The Morgan fingerprint density at radius 2 is 1.69 bits per heavy atom. The van der Waals surface area contributed by atoms with Crippen molar-refractivity contribution in [1.29, 1.82) is 0 Å². The highest BCUT2D eigenvalue weighted by Gasteiger charge is 2.49. The predicted octanol–water partition coefficient (Wildman–Crippen LogP) is 5.46. The first-order valence-corrected chi connectivity index (χ1v) is 14.9. The highest BCUT2D eigenvalue weighted by Crippen LogP contribution is 2.37. The number of hydrogen-bond donors (Lipinski definition) is 2. The second-order valence-corrected chi connectivity index (χ2v) is 13.0. The Labute approximate surface area is 253 Å². The zero-order valence-electron chi connectivity index (χ0n) is 24.1. The van der Waals surface area contributed by atoms with E-state index in [0.717, 1.165) is 21.2 Å². The number of carbonyl (C=O) groups excluding carboxylic acids is 3. The number of aliphatic hydroxyl groups is 1. The molecule has 2 aliphatic heterocycles. The molecule has 3 amide bonds. The SMILES string of the molecule is C[C@H](NC(=O)[C@@H]1C[C@@H](O)CN1C(=O)[C@@H](N1Cc2c(Br)cccc2C1=O)C(C)(C)C)c1ccc(-c2ccccc2F)cc1. The van der Waals surface area contributed by atoms with Gasteiger partial charge in [0.2, 0.25) is 11.8 Å². The molecule has 4 atom stereocenters. The summed E-state index contributed by atoms with van der Waals surface area (Å²) in [6.45, 7) is 7.81. The number of β-amino-alcohol motifs (C(OH)–C–C–N with tert-alkyl or cyclic N) is 1. The second-order valence-electron chi connectivity index (χ2n) is 12.2. The number of fused-ring (bicyclic) bond motifs is 1. The molecule has 7 nitrogen and oxygen atoms in total. The van der Waals surface area contributed by atoms with Crippen LogP contribution in [0.15, 0.2) is 71.2 Å². The molecule has 5 rings (SSSR count). The van der Waals surface area contributed by atoms with Gasteiger partial charge in [-0.2, -0.15) is 0 Å². The molecule has 1 saturated heterocycles. The number of amides is 3. The minimum absolute atomic E-state index is 0.00783. The minimum atomic E-state index is -0.885. The molecule has 0 radical (unpaired) electrons. The lowest BCUT2D eigenvalue weighted by atomic mass is 9.84. The van der Waals surface area contributed by atoms with Crippen LogP contribution in [0.5, 0.6) is 0 Å². The number of benzene rings is 3. The summed E-state index contributed by atoms with van der Waals surface area (Å²) in [6, 6.07) is 17.1. The minimum Gasteiger partial charge on any atom is -0.391 e. The van der Waals surface area contributed by atoms with Gasteiger partial charge in [0.1, 0.15) is 17.9 Å². The fourth-order valence-corrected chi connectivity index (χ4v) is 6.49. The molecule has 0 bridgehead atoms. The summed E-state index contributed by atoms with van der Waals surface area (Å²) in [7, 11) is 0. The third-order valence-corrected chi connectivity index (χ3v) is 8.87. The fraction of sp³-hybridized carbons (Fsp3) is 0.364. The van der Waals surface area contributed by atoms with Crippen LogP contribution in [-0.4, -0.2) is 57.4 Å². The summed E-state index contributed by atoms with van der Waals surface area (Å²) in [4.78, 5) is 44.2. The molecule has 2 heterocycles. The fourth-order valence-electron chi connectivity index (χ4n) is 6.00. The van der Waals surface area contributed by atoms with E-state index >= 15 is 0 Å². The van der Waals surface area contributed by atoms with Gasteiger partial charge in [0.15, 0.2) is 0 Å².